The summed E-state index contributed by atoms with van der Waals surface area (Å²) in [5.74, 6) is 0.878. The van der Waals surface area contributed by atoms with Crippen LogP contribution in [0.1, 0.15) is 17.2 Å². The summed E-state index contributed by atoms with van der Waals surface area (Å²) in [7, 11) is 0. The number of hydrogen-bond donors (Lipinski definition) is 2. The van der Waals surface area contributed by atoms with Gasteiger partial charge in [0, 0.05) is 68.5 Å². The van der Waals surface area contributed by atoms with Crippen molar-refractivity contribution in [2.75, 3.05) is 37.6 Å². The fraction of sp³-hybridized carbons (Fsp3) is 0.333. The number of nitrogens with two attached hydrogens (primary N) is 1. The lowest BCUT2D eigenvalue weighted by atomic mass is 10.0. The maximum absolute atomic E-state index is 12.8. The van der Waals surface area contributed by atoms with Crippen LogP contribution >= 0.6 is 0 Å². The van der Waals surface area contributed by atoms with E-state index >= 15 is 0 Å². The van der Waals surface area contributed by atoms with E-state index in [0.29, 0.717) is 6.54 Å². The summed E-state index contributed by atoms with van der Waals surface area (Å²) in [6.45, 7) is 3.30. The Labute approximate surface area is 172 Å². The Morgan fingerprint density at radius 1 is 1.07 bits per heavy atom. The van der Waals surface area contributed by atoms with Gasteiger partial charge in [-0.2, -0.15) is 13.2 Å². The van der Waals surface area contributed by atoms with Gasteiger partial charge >= 0.3 is 6.18 Å². The van der Waals surface area contributed by atoms with E-state index in [0.717, 1.165) is 60.8 Å². The minimum absolute atomic E-state index is 0.121. The van der Waals surface area contributed by atoms with Gasteiger partial charge in [-0.15, -0.1) is 0 Å². The molecule has 3 aromatic rings. The molecular formula is C21H23F3N6. The number of nitrogens with one attached hydrogen (secondary N) is 1. The molecule has 1 aliphatic heterocycles. The smallest absolute Gasteiger partial charge is 0.367 e. The minimum atomic E-state index is -4.34. The molecular weight excluding hydrogens is 393 g/mol. The van der Waals surface area contributed by atoms with Crippen molar-refractivity contribution in [3.8, 4) is 11.1 Å². The van der Waals surface area contributed by atoms with Gasteiger partial charge in [-0.3, -0.25) is 4.90 Å². The Morgan fingerprint density at radius 2 is 1.80 bits per heavy atom. The SMILES string of the molecule is NCC(c1ccc(C(F)(F)F)cc1)N1CCN(c2ncncc2-c2cc[nH]c2)CC1. The van der Waals surface area contributed by atoms with Crippen molar-refractivity contribution >= 4 is 5.82 Å². The van der Waals surface area contributed by atoms with Crippen LogP contribution in [-0.4, -0.2) is 52.6 Å². The van der Waals surface area contributed by atoms with Crippen LogP contribution in [0.4, 0.5) is 19.0 Å². The highest BCUT2D eigenvalue weighted by Gasteiger charge is 2.31. The number of halogens is 3. The molecule has 30 heavy (non-hydrogen) atoms. The Morgan fingerprint density at radius 3 is 2.40 bits per heavy atom. The fourth-order valence-electron chi connectivity index (χ4n) is 3.91. The highest BCUT2D eigenvalue weighted by atomic mass is 19.4. The van der Waals surface area contributed by atoms with Crippen molar-refractivity contribution in [2.45, 2.75) is 12.2 Å². The third kappa shape index (κ3) is 4.17. The number of anilines is 1. The van der Waals surface area contributed by atoms with Crippen molar-refractivity contribution in [1.82, 2.24) is 19.9 Å². The number of benzene rings is 1. The monoisotopic (exact) mass is 416 g/mol. The highest BCUT2D eigenvalue weighted by Crippen LogP contribution is 2.32. The molecule has 3 N–H and O–H groups in total. The van der Waals surface area contributed by atoms with Gasteiger partial charge in [0.25, 0.3) is 0 Å². The van der Waals surface area contributed by atoms with E-state index < -0.39 is 11.7 Å². The van der Waals surface area contributed by atoms with E-state index in [2.05, 4.69) is 24.8 Å². The van der Waals surface area contributed by atoms with Crippen LogP contribution < -0.4 is 10.6 Å². The Hall–Kier alpha value is -2.91. The van der Waals surface area contributed by atoms with E-state index in [1.807, 2.05) is 24.7 Å². The molecule has 3 heterocycles. The summed E-state index contributed by atoms with van der Waals surface area (Å²) in [4.78, 5) is 16.1. The van der Waals surface area contributed by atoms with Gasteiger partial charge in [-0.25, -0.2) is 9.97 Å². The maximum atomic E-state index is 12.8. The molecule has 0 bridgehead atoms. The molecule has 0 amide bonds. The fourth-order valence-corrected chi connectivity index (χ4v) is 3.91. The van der Waals surface area contributed by atoms with Crippen molar-refractivity contribution in [3.63, 3.8) is 0 Å². The zero-order valence-electron chi connectivity index (χ0n) is 16.3. The molecule has 9 heteroatoms. The number of aromatic amines is 1. The summed E-state index contributed by atoms with van der Waals surface area (Å²) in [5, 5.41) is 0. The highest BCUT2D eigenvalue weighted by molar-refractivity contribution is 5.74. The molecule has 2 aromatic heterocycles. The number of H-pyrrole nitrogens is 1. The molecule has 1 aromatic carbocycles. The Kier molecular flexibility index (Phi) is 5.74. The average molecular weight is 416 g/mol. The molecule has 0 spiro atoms. The predicted octanol–water partition coefficient (Wildman–Crippen LogP) is 3.31. The van der Waals surface area contributed by atoms with Crippen LogP contribution in [0.3, 0.4) is 0 Å². The van der Waals surface area contributed by atoms with Crippen LogP contribution in [0.2, 0.25) is 0 Å². The zero-order chi connectivity index (χ0) is 21.1. The summed E-state index contributed by atoms with van der Waals surface area (Å²) in [5.41, 5.74) is 8.14. The number of piperazine rings is 1. The van der Waals surface area contributed by atoms with Gasteiger partial charge in [0.05, 0.1) is 5.56 Å². The van der Waals surface area contributed by atoms with Crippen molar-refractivity contribution in [2.24, 2.45) is 5.73 Å². The summed E-state index contributed by atoms with van der Waals surface area (Å²) < 4.78 is 38.5. The first-order valence-electron chi connectivity index (χ1n) is 9.77. The van der Waals surface area contributed by atoms with Crippen LogP contribution in [0.15, 0.2) is 55.2 Å². The number of alkyl halides is 3. The van der Waals surface area contributed by atoms with Crippen LogP contribution in [-0.2, 0) is 6.18 Å². The third-order valence-corrected chi connectivity index (χ3v) is 5.50. The molecule has 1 aliphatic rings. The van der Waals surface area contributed by atoms with Gasteiger partial charge < -0.3 is 15.6 Å². The van der Waals surface area contributed by atoms with Crippen molar-refractivity contribution in [1.29, 1.82) is 0 Å². The Bertz CT molecular complexity index is 948. The number of nitrogens with zero attached hydrogens (tertiary/aromatic N) is 4. The van der Waals surface area contributed by atoms with Crippen LogP contribution in [0, 0.1) is 0 Å². The van der Waals surface area contributed by atoms with Crippen molar-refractivity contribution < 1.29 is 13.2 Å². The molecule has 6 nitrogen and oxygen atoms in total. The second kappa shape index (κ2) is 8.45. The zero-order valence-corrected chi connectivity index (χ0v) is 16.3. The minimum Gasteiger partial charge on any atom is -0.367 e. The number of hydrogen-bond acceptors (Lipinski definition) is 5. The van der Waals surface area contributed by atoms with E-state index in [1.165, 1.54) is 12.1 Å². The lowest BCUT2D eigenvalue weighted by Gasteiger charge is -2.40. The molecule has 1 saturated heterocycles. The maximum Gasteiger partial charge on any atom is 0.416 e. The van der Waals surface area contributed by atoms with E-state index in [4.69, 9.17) is 5.73 Å². The second-order valence-electron chi connectivity index (χ2n) is 7.25. The molecule has 0 aliphatic carbocycles. The topological polar surface area (TPSA) is 74.1 Å². The summed E-state index contributed by atoms with van der Waals surface area (Å²) in [6, 6.07) is 7.16. The Balaban J connectivity index is 1.47. The average Bonchev–Trinajstić information content (AvgIpc) is 3.29. The molecule has 1 atom stereocenters. The van der Waals surface area contributed by atoms with E-state index in [-0.39, 0.29) is 6.04 Å². The van der Waals surface area contributed by atoms with Crippen LogP contribution in [0.25, 0.3) is 11.1 Å². The lowest BCUT2D eigenvalue weighted by molar-refractivity contribution is -0.137. The molecule has 1 fully saturated rings. The first-order chi connectivity index (χ1) is 14.5. The molecule has 1 unspecified atom stereocenters. The van der Waals surface area contributed by atoms with Gasteiger partial charge in [-0.1, -0.05) is 12.1 Å². The van der Waals surface area contributed by atoms with E-state index in [9.17, 15) is 13.2 Å². The van der Waals surface area contributed by atoms with Gasteiger partial charge in [0.15, 0.2) is 0 Å². The molecule has 158 valence electrons. The normalized spacial score (nSPS) is 16.6. The number of rotatable bonds is 5. The largest absolute Gasteiger partial charge is 0.416 e. The van der Waals surface area contributed by atoms with Gasteiger partial charge in [0.1, 0.15) is 12.1 Å². The van der Waals surface area contributed by atoms with Gasteiger partial charge in [0.2, 0.25) is 0 Å². The first kappa shape index (κ1) is 20.4. The predicted molar refractivity (Wildman–Crippen MR) is 109 cm³/mol. The molecule has 0 radical (unpaired) electrons. The van der Waals surface area contributed by atoms with Crippen molar-refractivity contribution in [3.05, 3.63) is 66.4 Å². The second-order valence-corrected chi connectivity index (χ2v) is 7.25. The summed E-state index contributed by atoms with van der Waals surface area (Å²) >= 11 is 0. The third-order valence-electron chi connectivity index (χ3n) is 5.50. The standard InChI is InChI=1S/C21H23F3N6/c22-21(23,24)17-3-1-15(2-4-17)19(11-25)29-7-9-30(10-8-29)20-18(13-27-14-28-20)16-5-6-26-12-16/h1-6,12-14,19,26H,7-11,25H2. The first-order valence-corrected chi connectivity index (χ1v) is 9.77. The number of aromatic nitrogens is 3. The quantitative estimate of drug-likeness (QED) is 0.668. The van der Waals surface area contributed by atoms with E-state index in [1.54, 1.807) is 6.33 Å². The molecule has 4 rings (SSSR count). The van der Waals surface area contributed by atoms with Gasteiger partial charge in [-0.05, 0) is 23.8 Å². The molecule has 0 saturated carbocycles. The van der Waals surface area contributed by atoms with Crippen LogP contribution in [0.5, 0.6) is 0 Å². The summed E-state index contributed by atoms with van der Waals surface area (Å²) in [6.07, 6.45) is 2.79. The lowest BCUT2D eigenvalue weighted by Crippen LogP contribution is -2.49.